The van der Waals surface area contributed by atoms with Crippen molar-refractivity contribution >= 4 is 29.3 Å². The molecule has 0 saturated heterocycles. The number of nitrogens with two attached hydrogens (primary N) is 1. The lowest BCUT2D eigenvalue weighted by Crippen LogP contribution is -2.48. The molecule has 1 heterocycles. The van der Waals surface area contributed by atoms with Crippen LogP contribution in [0.1, 0.15) is 35.5 Å². The van der Waals surface area contributed by atoms with Gasteiger partial charge in [-0.1, -0.05) is 18.2 Å². The van der Waals surface area contributed by atoms with Crippen molar-refractivity contribution < 1.29 is 9.21 Å². The monoisotopic (exact) mass is 296 g/mol. The van der Waals surface area contributed by atoms with Crippen molar-refractivity contribution in [2.75, 3.05) is 6.54 Å². The highest BCUT2D eigenvalue weighted by Crippen LogP contribution is 2.27. The van der Waals surface area contributed by atoms with Gasteiger partial charge >= 0.3 is 0 Å². The summed E-state index contributed by atoms with van der Waals surface area (Å²) in [7, 11) is 0. The molecule has 1 aromatic heterocycles. The number of carbonyl (C=O) groups excluding carboxylic acids is 1. The molecule has 110 valence electrons. The topological polar surface area (TPSA) is 68.3 Å². The normalized spacial score (nSPS) is 11.2. The van der Waals surface area contributed by atoms with Gasteiger partial charge in [-0.25, -0.2) is 0 Å². The minimum absolute atomic E-state index is 0. The first kappa shape index (κ1) is 16.5. The molecule has 2 rings (SSSR count). The van der Waals surface area contributed by atoms with Crippen molar-refractivity contribution in [2.45, 2.75) is 33.2 Å². The Kier molecular flexibility index (Phi) is 4.84. The summed E-state index contributed by atoms with van der Waals surface area (Å²) in [6.07, 6.45) is 0. The van der Waals surface area contributed by atoms with E-state index in [1.807, 2.05) is 45.9 Å². The van der Waals surface area contributed by atoms with Crippen molar-refractivity contribution in [3.8, 4) is 0 Å². The average Bonchev–Trinajstić information content (AvgIpc) is 2.68. The molecule has 5 heteroatoms. The van der Waals surface area contributed by atoms with Crippen LogP contribution in [0.25, 0.3) is 11.0 Å². The zero-order chi connectivity index (χ0) is 14.2. The minimum atomic E-state index is -0.447. The molecule has 0 atom stereocenters. The number of aryl methyl sites for hydroxylation is 2. The Morgan fingerprint density at radius 1 is 1.35 bits per heavy atom. The molecule has 0 aliphatic heterocycles. The predicted molar refractivity (Wildman–Crippen MR) is 83.5 cm³/mol. The fraction of sp³-hybridized carbons (Fsp3) is 0.400. The van der Waals surface area contributed by atoms with E-state index in [0.29, 0.717) is 12.3 Å². The van der Waals surface area contributed by atoms with Crippen molar-refractivity contribution in [1.82, 2.24) is 5.32 Å². The number of amides is 1. The first-order chi connectivity index (χ1) is 8.85. The second-order valence-electron chi connectivity index (χ2n) is 5.55. The summed E-state index contributed by atoms with van der Waals surface area (Å²) < 4.78 is 5.73. The molecule has 2 aromatic rings. The number of fused-ring (bicyclic) bond motifs is 1. The molecule has 3 N–H and O–H groups in total. The van der Waals surface area contributed by atoms with Gasteiger partial charge in [-0.2, -0.15) is 0 Å². The second-order valence-corrected chi connectivity index (χ2v) is 5.55. The lowest BCUT2D eigenvalue weighted by Gasteiger charge is -2.23. The van der Waals surface area contributed by atoms with Crippen LogP contribution >= 0.6 is 12.4 Å². The standard InChI is InChI=1S/C15H20N2O2.ClH/c1-9-6-5-7-11-10(2)13(19-12(9)11)14(18)17-15(3,4)8-16;/h5-7H,8,16H2,1-4H3,(H,17,18);1H. The van der Waals surface area contributed by atoms with Crippen LogP contribution in [0.4, 0.5) is 0 Å². The fourth-order valence-electron chi connectivity index (χ4n) is 2.02. The van der Waals surface area contributed by atoms with Crippen LogP contribution in [0.15, 0.2) is 22.6 Å². The van der Waals surface area contributed by atoms with E-state index in [0.717, 1.165) is 22.1 Å². The van der Waals surface area contributed by atoms with E-state index >= 15 is 0 Å². The van der Waals surface area contributed by atoms with Gasteiger partial charge in [0, 0.05) is 23.0 Å². The SMILES string of the molecule is Cc1c(C(=O)NC(C)(C)CN)oc2c(C)cccc12.Cl. The summed E-state index contributed by atoms with van der Waals surface area (Å²) in [5.41, 5.74) is 7.84. The minimum Gasteiger partial charge on any atom is -0.450 e. The zero-order valence-electron chi connectivity index (χ0n) is 12.2. The van der Waals surface area contributed by atoms with E-state index in [4.69, 9.17) is 10.2 Å². The maximum Gasteiger partial charge on any atom is 0.287 e. The Morgan fingerprint density at radius 3 is 2.55 bits per heavy atom. The third kappa shape index (κ3) is 2.97. The molecule has 0 aliphatic rings. The average molecular weight is 297 g/mol. The van der Waals surface area contributed by atoms with Gasteiger partial charge in [0.05, 0.1) is 0 Å². The smallest absolute Gasteiger partial charge is 0.287 e. The van der Waals surface area contributed by atoms with Crippen LogP contribution in [-0.4, -0.2) is 18.0 Å². The molecule has 1 aromatic carbocycles. The first-order valence-corrected chi connectivity index (χ1v) is 6.37. The van der Waals surface area contributed by atoms with E-state index in [2.05, 4.69) is 5.32 Å². The molecule has 0 aliphatic carbocycles. The number of benzene rings is 1. The number of carbonyl (C=O) groups is 1. The third-order valence-corrected chi connectivity index (χ3v) is 3.33. The maximum absolute atomic E-state index is 12.3. The van der Waals surface area contributed by atoms with Gasteiger partial charge in [0.15, 0.2) is 5.76 Å². The molecule has 0 fully saturated rings. The number of furan rings is 1. The van der Waals surface area contributed by atoms with Crippen LogP contribution in [0.3, 0.4) is 0 Å². The molecule has 0 spiro atoms. The lowest BCUT2D eigenvalue weighted by atomic mass is 10.1. The van der Waals surface area contributed by atoms with E-state index in [9.17, 15) is 4.79 Å². The molecule has 0 unspecified atom stereocenters. The number of rotatable bonds is 3. The Balaban J connectivity index is 0.00000200. The van der Waals surface area contributed by atoms with Crippen molar-refractivity contribution in [2.24, 2.45) is 5.73 Å². The summed E-state index contributed by atoms with van der Waals surface area (Å²) >= 11 is 0. The molecule has 0 saturated carbocycles. The summed E-state index contributed by atoms with van der Waals surface area (Å²) in [4.78, 5) is 12.3. The van der Waals surface area contributed by atoms with Gasteiger partial charge in [-0.05, 0) is 33.3 Å². The van der Waals surface area contributed by atoms with E-state index in [1.165, 1.54) is 0 Å². The number of para-hydroxylation sites is 1. The Hall–Kier alpha value is -1.52. The predicted octanol–water partition coefficient (Wildman–Crippen LogP) is 2.94. The fourth-order valence-corrected chi connectivity index (χ4v) is 2.02. The molecular weight excluding hydrogens is 276 g/mol. The number of halogens is 1. The third-order valence-electron chi connectivity index (χ3n) is 3.33. The van der Waals surface area contributed by atoms with Crippen molar-refractivity contribution in [3.05, 3.63) is 35.1 Å². The zero-order valence-corrected chi connectivity index (χ0v) is 13.1. The number of hydrogen-bond acceptors (Lipinski definition) is 3. The summed E-state index contributed by atoms with van der Waals surface area (Å²) in [5, 5.41) is 3.87. The highest BCUT2D eigenvalue weighted by Gasteiger charge is 2.24. The van der Waals surface area contributed by atoms with Gasteiger partial charge in [-0.15, -0.1) is 12.4 Å². The van der Waals surface area contributed by atoms with Gasteiger partial charge in [0.2, 0.25) is 0 Å². The Labute approximate surface area is 125 Å². The molecule has 4 nitrogen and oxygen atoms in total. The largest absolute Gasteiger partial charge is 0.450 e. The maximum atomic E-state index is 12.3. The second kappa shape index (κ2) is 5.85. The molecule has 20 heavy (non-hydrogen) atoms. The molecule has 1 amide bonds. The Bertz CT molecular complexity index is 632. The van der Waals surface area contributed by atoms with Crippen LogP contribution < -0.4 is 11.1 Å². The summed E-state index contributed by atoms with van der Waals surface area (Å²) in [6, 6.07) is 5.90. The van der Waals surface area contributed by atoms with Crippen molar-refractivity contribution in [3.63, 3.8) is 0 Å². The van der Waals surface area contributed by atoms with Gasteiger partial charge in [0.1, 0.15) is 5.58 Å². The highest BCUT2D eigenvalue weighted by atomic mass is 35.5. The summed E-state index contributed by atoms with van der Waals surface area (Å²) in [6.45, 7) is 8.01. The van der Waals surface area contributed by atoms with Crippen LogP contribution in [0.2, 0.25) is 0 Å². The van der Waals surface area contributed by atoms with Gasteiger partial charge in [-0.3, -0.25) is 4.79 Å². The van der Waals surface area contributed by atoms with Crippen LogP contribution in [-0.2, 0) is 0 Å². The van der Waals surface area contributed by atoms with Crippen LogP contribution in [0, 0.1) is 13.8 Å². The van der Waals surface area contributed by atoms with Gasteiger partial charge < -0.3 is 15.5 Å². The van der Waals surface area contributed by atoms with E-state index < -0.39 is 5.54 Å². The van der Waals surface area contributed by atoms with Crippen LogP contribution in [0.5, 0.6) is 0 Å². The van der Waals surface area contributed by atoms with Gasteiger partial charge in [0.25, 0.3) is 5.91 Å². The first-order valence-electron chi connectivity index (χ1n) is 6.37. The molecule has 0 bridgehead atoms. The van der Waals surface area contributed by atoms with E-state index in [1.54, 1.807) is 0 Å². The summed E-state index contributed by atoms with van der Waals surface area (Å²) in [5.74, 6) is 0.148. The lowest BCUT2D eigenvalue weighted by molar-refractivity contribution is 0.0888. The molecular formula is C15H21ClN2O2. The quantitative estimate of drug-likeness (QED) is 0.915. The number of hydrogen-bond donors (Lipinski definition) is 2. The molecule has 0 radical (unpaired) electrons. The highest BCUT2D eigenvalue weighted by molar-refractivity contribution is 5.99. The van der Waals surface area contributed by atoms with Crippen molar-refractivity contribution in [1.29, 1.82) is 0 Å². The number of nitrogens with one attached hydrogen (secondary N) is 1. The van der Waals surface area contributed by atoms with E-state index in [-0.39, 0.29) is 18.3 Å². The Morgan fingerprint density at radius 2 is 2.00 bits per heavy atom.